The number of carbonyl (C=O) groups is 1. The summed E-state index contributed by atoms with van der Waals surface area (Å²) in [6.45, 7) is 7.87. The number of anilines is 1. The Morgan fingerprint density at radius 2 is 2.19 bits per heavy atom. The molecule has 3 N–H and O–H groups in total. The van der Waals surface area contributed by atoms with Gasteiger partial charge in [-0.15, -0.1) is 0 Å². The van der Waals surface area contributed by atoms with E-state index < -0.39 is 36.4 Å². The molecule has 0 saturated heterocycles. The first-order valence-electron chi connectivity index (χ1n) is 10.1. The molecular formula is C21H22F3N5O3. The summed E-state index contributed by atoms with van der Waals surface area (Å²) < 4.78 is 45.0. The number of carbonyl (C=O) groups excluding carboxylic acids is 1. The number of benzene rings is 1. The number of hydrogen-bond acceptors (Lipinski definition) is 4. The van der Waals surface area contributed by atoms with Crippen molar-refractivity contribution in [3.8, 4) is 0 Å². The molecule has 1 aromatic carbocycles. The fraction of sp³-hybridized carbons (Fsp3) is 0.476. The molecule has 0 bridgehead atoms. The number of halogens is 3. The highest BCUT2D eigenvalue weighted by atomic mass is 19.3. The van der Waals surface area contributed by atoms with Gasteiger partial charge in [0.05, 0.1) is 31.0 Å². The molecule has 1 unspecified atom stereocenters. The quantitative estimate of drug-likeness (QED) is 0.614. The average molecular weight is 449 g/mol. The first kappa shape index (κ1) is 22.1. The van der Waals surface area contributed by atoms with Gasteiger partial charge < -0.3 is 20.4 Å². The van der Waals surface area contributed by atoms with Crippen LogP contribution in [0.25, 0.3) is 4.85 Å². The van der Waals surface area contributed by atoms with Crippen molar-refractivity contribution in [2.45, 2.75) is 56.8 Å². The van der Waals surface area contributed by atoms with Gasteiger partial charge in [0, 0.05) is 36.7 Å². The monoisotopic (exact) mass is 449 g/mol. The zero-order valence-corrected chi connectivity index (χ0v) is 17.3. The van der Waals surface area contributed by atoms with Crippen LogP contribution in [0.3, 0.4) is 0 Å². The van der Waals surface area contributed by atoms with Crippen molar-refractivity contribution in [1.82, 2.24) is 14.7 Å². The number of fused-ring (bicyclic) bond motifs is 3. The molecule has 0 saturated carbocycles. The van der Waals surface area contributed by atoms with E-state index >= 15 is 8.78 Å². The molecule has 2 aliphatic heterocycles. The Kier molecular flexibility index (Phi) is 5.38. The fourth-order valence-corrected chi connectivity index (χ4v) is 4.34. The molecule has 2 atom stereocenters. The van der Waals surface area contributed by atoms with E-state index in [9.17, 15) is 19.4 Å². The number of nitrogens with one attached hydrogen (secondary N) is 1. The predicted molar refractivity (Wildman–Crippen MR) is 108 cm³/mol. The molecular weight excluding hydrogens is 427 g/mol. The summed E-state index contributed by atoms with van der Waals surface area (Å²) in [5, 5.41) is 26.6. The number of aliphatic hydroxyl groups excluding tert-OH is 1. The number of aromatic nitrogens is 2. The highest BCUT2D eigenvalue weighted by Gasteiger charge is 2.50. The van der Waals surface area contributed by atoms with Crippen molar-refractivity contribution < 1.29 is 28.2 Å². The Bertz CT molecular complexity index is 1110. The van der Waals surface area contributed by atoms with E-state index in [-0.39, 0.29) is 54.6 Å². The van der Waals surface area contributed by atoms with Gasteiger partial charge >= 0.3 is 6.03 Å². The summed E-state index contributed by atoms with van der Waals surface area (Å²) in [5.74, 6) is -4.15. The zero-order valence-electron chi connectivity index (χ0n) is 17.3. The number of rotatable bonds is 2. The van der Waals surface area contributed by atoms with E-state index in [1.165, 1.54) is 21.7 Å². The highest BCUT2D eigenvalue weighted by molar-refractivity contribution is 5.90. The van der Waals surface area contributed by atoms with Crippen molar-refractivity contribution in [3.63, 3.8) is 0 Å². The van der Waals surface area contributed by atoms with Gasteiger partial charge in [-0.3, -0.25) is 4.68 Å². The minimum absolute atomic E-state index is 0.0184. The summed E-state index contributed by atoms with van der Waals surface area (Å²) in [4.78, 5) is 17.3. The molecule has 0 spiro atoms. The van der Waals surface area contributed by atoms with Crippen LogP contribution < -0.4 is 5.32 Å². The second kappa shape index (κ2) is 7.79. The van der Waals surface area contributed by atoms with Crippen LogP contribution in [-0.2, 0) is 25.4 Å². The van der Waals surface area contributed by atoms with Crippen molar-refractivity contribution in [3.05, 3.63) is 52.4 Å². The summed E-state index contributed by atoms with van der Waals surface area (Å²) >= 11 is 0. The number of urea groups is 1. The minimum Gasteiger partial charge on any atom is -0.393 e. The van der Waals surface area contributed by atoms with E-state index in [1.807, 2.05) is 0 Å². The Balaban J connectivity index is 1.62. The van der Waals surface area contributed by atoms with E-state index in [4.69, 9.17) is 6.57 Å². The number of nitrogens with zero attached hydrogens (tertiary/aromatic N) is 4. The summed E-state index contributed by atoms with van der Waals surface area (Å²) in [5.41, 5.74) is -1.59. The summed E-state index contributed by atoms with van der Waals surface area (Å²) in [6, 6.07) is 2.68. The topological polar surface area (TPSA) is 95.0 Å². The maximum absolute atomic E-state index is 15.1. The minimum atomic E-state index is -3.45. The third-order valence-corrected chi connectivity index (χ3v) is 6.04. The van der Waals surface area contributed by atoms with E-state index in [1.54, 1.807) is 6.92 Å². The van der Waals surface area contributed by atoms with Crippen LogP contribution in [0.15, 0.2) is 18.2 Å². The molecule has 0 aliphatic carbocycles. The van der Waals surface area contributed by atoms with Crippen molar-refractivity contribution in [2.24, 2.45) is 0 Å². The third kappa shape index (κ3) is 3.80. The van der Waals surface area contributed by atoms with Gasteiger partial charge in [0.2, 0.25) is 5.69 Å². The second-order valence-electron chi connectivity index (χ2n) is 8.40. The Morgan fingerprint density at radius 1 is 1.44 bits per heavy atom. The molecule has 2 aromatic rings. The van der Waals surface area contributed by atoms with E-state index in [0.29, 0.717) is 5.69 Å². The SMILES string of the molecule is [C-]#[N+]c1cc(NC(=O)N2Cc3c(nn4c3C(F)(F)C[C@@](O)(CO)CC4)CC2C)ccc1F. The highest BCUT2D eigenvalue weighted by Crippen LogP contribution is 2.44. The summed E-state index contributed by atoms with van der Waals surface area (Å²) in [7, 11) is 0. The zero-order chi connectivity index (χ0) is 23.3. The molecule has 2 aliphatic rings. The van der Waals surface area contributed by atoms with Gasteiger partial charge in [-0.1, -0.05) is 0 Å². The molecule has 170 valence electrons. The van der Waals surface area contributed by atoms with Crippen LogP contribution in [0.1, 0.15) is 36.7 Å². The second-order valence-corrected chi connectivity index (χ2v) is 8.40. The third-order valence-electron chi connectivity index (χ3n) is 6.04. The normalized spacial score (nSPS) is 24.2. The molecule has 3 heterocycles. The lowest BCUT2D eigenvalue weighted by atomic mass is 9.90. The number of hydrogen-bond donors (Lipinski definition) is 3. The smallest absolute Gasteiger partial charge is 0.322 e. The first-order valence-corrected chi connectivity index (χ1v) is 10.1. The van der Waals surface area contributed by atoms with Crippen LogP contribution in [-0.4, -0.2) is 49.2 Å². The van der Waals surface area contributed by atoms with Crippen LogP contribution in [0, 0.1) is 12.4 Å². The predicted octanol–water partition coefficient (Wildman–Crippen LogP) is 3.16. The van der Waals surface area contributed by atoms with Crippen LogP contribution in [0.2, 0.25) is 0 Å². The van der Waals surface area contributed by atoms with Gasteiger partial charge in [0.1, 0.15) is 11.5 Å². The first-order chi connectivity index (χ1) is 15.1. The standard InChI is InChI=1S/C21H22F3N5O3/c1-12-7-16-14(18-21(23,24)10-20(32,11-30)5-6-29(18)27-16)9-28(12)19(31)26-13-3-4-15(22)17(8-13)25-2/h3-4,8,12,30,32H,5-7,9-11H2,1H3,(H,26,31)/t12?,20-/m1/s1. The van der Waals surface area contributed by atoms with Crippen LogP contribution in [0.5, 0.6) is 0 Å². The molecule has 8 nitrogen and oxygen atoms in total. The number of alkyl halides is 2. The number of aliphatic hydroxyl groups is 2. The largest absolute Gasteiger partial charge is 0.393 e. The maximum atomic E-state index is 15.1. The maximum Gasteiger partial charge on any atom is 0.322 e. The van der Waals surface area contributed by atoms with Crippen molar-refractivity contribution >= 4 is 17.4 Å². The molecule has 2 amide bonds. The lowest BCUT2D eigenvalue weighted by Gasteiger charge is -2.34. The average Bonchev–Trinajstić information content (AvgIpc) is 3.06. The van der Waals surface area contributed by atoms with Gasteiger partial charge in [0.25, 0.3) is 5.92 Å². The van der Waals surface area contributed by atoms with Crippen molar-refractivity contribution in [2.75, 3.05) is 11.9 Å². The number of amides is 2. The van der Waals surface area contributed by atoms with Gasteiger partial charge in [-0.25, -0.2) is 14.0 Å². The van der Waals surface area contributed by atoms with Gasteiger partial charge in [0.15, 0.2) is 0 Å². The lowest BCUT2D eigenvalue weighted by Crippen LogP contribution is -2.45. The van der Waals surface area contributed by atoms with Crippen LogP contribution >= 0.6 is 0 Å². The summed E-state index contributed by atoms with van der Waals surface area (Å²) in [6.07, 6.45) is -0.745. The Labute approximate surface area is 182 Å². The van der Waals surface area contributed by atoms with Gasteiger partial charge in [-0.2, -0.15) is 13.9 Å². The molecule has 32 heavy (non-hydrogen) atoms. The lowest BCUT2D eigenvalue weighted by molar-refractivity contribution is -0.112. The molecule has 0 fully saturated rings. The van der Waals surface area contributed by atoms with Crippen LogP contribution in [0.4, 0.5) is 29.3 Å². The molecule has 0 radical (unpaired) electrons. The van der Waals surface area contributed by atoms with E-state index in [0.717, 1.165) is 6.07 Å². The Hall–Kier alpha value is -3.10. The fourth-order valence-electron chi connectivity index (χ4n) is 4.34. The molecule has 1 aromatic heterocycles. The van der Waals surface area contributed by atoms with E-state index in [2.05, 4.69) is 15.3 Å². The molecule has 11 heteroatoms. The van der Waals surface area contributed by atoms with Gasteiger partial charge in [-0.05, 0) is 31.5 Å². The van der Waals surface area contributed by atoms with Crippen molar-refractivity contribution in [1.29, 1.82) is 0 Å². The Morgan fingerprint density at radius 3 is 2.88 bits per heavy atom. The molecule has 4 rings (SSSR count). The number of aryl methyl sites for hydroxylation is 1.